The van der Waals surface area contributed by atoms with Crippen LogP contribution in [0.4, 0.5) is 0 Å². The molecule has 0 saturated heterocycles. The summed E-state index contributed by atoms with van der Waals surface area (Å²) in [6, 6.07) is 8.46. The second-order valence-corrected chi connectivity index (χ2v) is 3.60. The number of rotatable bonds is 2. The summed E-state index contributed by atoms with van der Waals surface area (Å²) in [6.07, 6.45) is 0. The van der Waals surface area contributed by atoms with E-state index in [1.165, 1.54) is 11.6 Å². The Kier molecular flexibility index (Phi) is 2.82. The number of aromatic nitrogens is 2. The number of hydrogen-bond donors (Lipinski definition) is 1. The molecule has 0 atom stereocenters. The van der Waals surface area contributed by atoms with Crippen molar-refractivity contribution < 1.29 is 14.6 Å². The molecule has 2 rings (SSSR count). The Morgan fingerprint density at radius 1 is 1.41 bits per heavy atom. The third kappa shape index (κ3) is 2.28. The summed E-state index contributed by atoms with van der Waals surface area (Å²) in [5.74, 6) is 0.0764. The molecule has 17 heavy (non-hydrogen) atoms. The molecular formula is C12H12N2O3. The first kappa shape index (κ1) is 11.2. The number of para-hydroxylation sites is 1. The minimum Gasteiger partial charge on any atom is -0.507 e. The van der Waals surface area contributed by atoms with Gasteiger partial charge in [0, 0.05) is 25.6 Å². The maximum atomic E-state index is 10.9. The van der Waals surface area contributed by atoms with Crippen molar-refractivity contribution in [1.29, 1.82) is 0 Å². The lowest BCUT2D eigenvalue weighted by Crippen LogP contribution is -2.05. The number of esters is 1. The number of carbonyl (C=O) groups excluding carboxylic acids is 1. The van der Waals surface area contributed by atoms with Crippen LogP contribution in [0, 0.1) is 0 Å². The van der Waals surface area contributed by atoms with Crippen molar-refractivity contribution in [2.45, 2.75) is 6.92 Å². The molecule has 2 aromatic rings. The van der Waals surface area contributed by atoms with Gasteiger partial charge in [0.2, 0.25) is 5.88 Å². The van der Waals surface area contributed by atoms with Gasteiger partial charge < -0.3 is 9.84 Å². The first-order valence-electron chi connectivity index (χ1n) is 5.09. The highest BCUT2D eigenvalue weighted by Gasteiger charge is 2.12. The van der Waals surface area contributed by atoms with Crippen LogP contribution >= 0.6 is 0 Å². The van der Waals surface area contributed by atoms with Crippen LogP contribution in [0.1, 0.15) is 6.92 Å². The second kappa shape index (κ2) is 4.29. The Labute approximate surface area is 98.3 Å². The molecule has 88 valence electrons. The molecule has 0 radical (unpaired) electrons. The van der Waals surface area contributed by atoms with Gasteiger partial charge in [-0.15, -0.1) is 0 Å². The van der Waals surface area contributed by atoms with Gasteiger partial charge in [0.05, 0.1) is 5.69 Å². The Balaban J connectivity index is 2.41. The minimum absolute atomic E-state index is 0.139. The molecule has 0 aliphatic heterocycles. The monoisotopic (exact) mass is 232 g/mol. The van der Waals surface area contributed by atoms with Crippen molar-refractivity contribution in [2.24, 2.45) is 7.05 Å². The summed E-state index contributed by atoms with van der Waals surface area (Å²) < 4.78 is 6.41. The van der Waals surface area contributed by atoms with E-state index in [9.17, 15) is 9.90 Å². The molecule has 0 aliphatic carbocycles. The van der Waals surface area contributed by atoms with E-state index in [-0.39, 0.29) is 5.75 Å². The maximum absolute atomic E-state index is 10.9. The van der Waals surface area contributed by atoms with E-state index < -0.39 is 5.97 Å². The number of ether oxygens (including phenoxy) is 1. The van der Waals surface area contributed by atoms with E-state index in [4.69, 9.17) is 4.74 Å². The van der Waals surface area contributed by atoms with Gasteiger partial charge >= 0.3 is 5.97 Å². The number of aromatic hydroxyl groups is 1. The van der Waals surface area contributed by atoms with Crippen molar-refractivity contribution in [3.05, 3.63) is 30.3 Å². The predicted molar refractivity (Wildman–Crippen MR) is 61.6 cm³/mol. The largest absolute Gasteiger partial charge is 0.507 e. The van der Waals surface area contributed by atoms with Crippen LogP contribution in [0.5, 0.6) is 11.6 Å². The topological polar surface area (TPSA) is 64.3 Å². The zero-order valence-corrected chi connectivity index (χ0v) is 9.54. The third-order valence-corrected chi connectivity index (χ3v) is 2.27. The molecular weight excluding hydrogens is 220 g/mol. The number of nitrogens with zero attached hydrogens (tertiary/aromatic N) is 2. The molecule has 1 heterocycles. The average Bonchev–Trinajstić information content (AvgIpc) is 2.60. The lowest BCUT2D eigenvalue weighted by molar-refractivity contribution is -0.132. The Morgan fingerprint density at radius 3 is 2.76 bits per heavy atom. The summed E-state index contributed by atoms with van der Waals surface area (Å²) in [7, 11) is 1.67. The van der Waals surface area contributed by atoms with Crippen LogP contribution in [0.2, 0.25) is 0 Å². The lowest BCUT2D eigenvalue weighted by Gasteiger charge is -1.98. The predicted octanol–water partition coefficient (Wildman–Crippen LogP) is 1.72. The Hall–Kier alpha value is -2.30. The fourth-order valence-electron chi connectivity index (χ4n) is 1.51. The second-order valence-electron chi connectivity index (χ2n) is 3.60. The van der Waals surface area contributed by atoms with Gasteiger partial charge in [0.25, 0.3) is 0 Å². The van der Waals surface area contributed by atoms with Crippen molar-refractivity contribution in [1.82, 2.24) is 9.78 Å². The van der Waals surface area contributed by atoms with E-state index in [1.54, 1.807) is 37.4 Å². The normalized spacial score (nSPS) is 10.2. The van der Waals surface area contributed by atoms with Crippen molar-refractivity contribution in [3.8, 4) is 22.9 Å². The maximum Gasteiger partial charge on any atom is 0.309 e. The van der Waals surface area contributed by atoms with Gasteiger partial charge in [-0.05, 0) is 12.1 Å². The van der Waals surface area contributed by atoms with Crippen molar-refractivity contribution in [2.75, 3.05) is 0 Å². The molecule has 5 heteroatoms. The number of hydrogen-bond acceptors (Lipinski definition) is 4. The van der Waals surface area contributed by atoms with E-state index >= 15 is 0 Å². The van der Waals surface area contributed by atoms with E-state index in [0.717, 1.165) is 0 Å². The first-order chi connectivity index (χ1) is 8.08. The van der Waals surface area contributed by atoms with Crippen LogP contribution in [0.25, 0.3) is 11.3 Å². The molecule has 0 aliphatic rings. The zero-order chi connectivity index (χ0) is 12.4. The zero-order valence-electron chi connectivity index (χ0n) is 9.54. The fraction of sp³-hybridized carbons (Fsp3) is 0.167. The van der Waals surface area contributed by atoms with Crippen LogP contribution in [0.3, 0.4) is 0 Å². The smallest absolute Gasteiger partial charge is 0.309 e. The standard InChI is InChI=1S/C12H12N2O3/c1-8(15)17-12-7-10(13-14(12)2)9-5-3-4-6-11(9)16/h3-7,16H,1-2H3. The van der Waals surface area contributed by atoms with Crippen molar-refractivity contribution >= 4 is 5.97 Å². The highest BCUT2D eigenvalue weighted by molar-refractivity contribution is 5.71. The molecule has 0 spiro atoms. The quantitative estimate of drug-likeness (QED) is 0.801. The number of benzene rings is 1. The molecule has 0 fully saturated rings. The highest BCUT2D eigenvalue weighted by Crippen LogP contribution is 2.29. The van der Waals surface area contributed by atoms with E-state index in [1.807, 2.05) is 0 Å². The fourth-order valence-corrected chi connectivity index (χ4v) is 1.51. The van der Waals surface area contributed by atoms with Crippen molar-refractivity contribution in [3.63, 3.8) is 0 Å². The van der Waals surface area contributed by atoms with Gasteiger partial charge in [-0.3, -0.25) is 4.79 Å². The summed E-state index contributed by atoms with van der Waals surface area (Å²) in [5, 5.41) is 13.9. The summed E-state index contributed by atoms with van der Waals surface area (Å²) in [6.45, 7) is 1.33. The lowest BCUT2D eigenvalue weighted by atomic mass is 10.1. The summed E-state index contributed by atoms with van der Waals surface area (Å²) >= 11 is 0. The van der Waals surface area contributed by atoms with E-state index in [2.05, 4.69) is 5.10 Å². The van der Waals surface area contributed by atoms with Gasteiger partial charge in [0.15, 0.2) is 0 Å². The summed E-state index contributed by atoms with van der Waals surface area (Å²) in [4.78, 5) is 10.9. The molecule has 0 saturated carbocycles. The van der Waals surface area contributed by atoms with E-state index in [0.29, 0.717) is 17.1 Å². The summed E-state index contributed by atoms with van der Waals surface area (Å²) in [5.41, 5.74) is 1.16. The van der Waals surface area contributed by atoms with Gasteiger partial charge in [-0.2, -0.15) is 5.10 Å². The van der Waals surface area contributed by atoms with Crippen LogP contribution in [-0.4, -0.2) is 20.9 Å². The van der Waals surface area contributed by atoms with Crippen LogP contribution in [-0.2, 0) is 11.8 Å². The molecule has 0 bridgehead atoms. The minimum atomic E-state index is -0.406. The molecule has 0 unspecified atom stereocenters. The average molecular weight is 232 g/mol. The highest BCUT2D eigenvalue weighted by atomic mass is 16.5. The number of carbonyl (C=O) groups is 1. The van der Waals surface area contributed by atoms with Gasteiger partial charge in [-0.1, -0.05) is 12.1 Å². The SMILES string of the molecule is CC(=O)Oc1cc(-c2ccccc2O)nn1C. The molecule has 1 aromatic heterocycles. The molecule has 0 amide bonds. The van der Waals surface area contributed by atoms with Gasteiger partial charge in [-0.25, -0.2) is 4.68 Å². The first-order valence-corrected chi connectivity index (χ1v) is 5.09. The van der Waals surface area contributed by atoms with Gasteiger partial charge in [0.1, 0.15) is 5.75 Å². The molecule has 5 nitrogen and oxygen atoms in total. The number of phenols is 1. The van der Waals surface area contributed by atoms with Crippen LogP contribution < -0.4 is 4.74 Å². The molecule has 1 N–H and O–H groups in total. The Bertz CT molecular complexity index is 561. The third-order valence-electron chi connectivity index (χ3n) is 2.27. The molecule has 1 aromatic carbocycles. The van der Waals surface area contributed by atoms with Crippen LogP contribution in [0.15, 0.2) is 30.3 Å². The number of phenolic OH excluding ortho intramolecular Hbond substituents is 1. The Morgan fingerprint density at radius 2 is 2.12 bits per heavy atom. The number of aryl methyl sites for hydroxylation is 1.